The van der Waals surface area contributed by atoms with Crippen LogP contribution in [0.15, 0.2) is 30.5 Å². The zero-order chi connectivity index (χ0) is 13.9. The summed E-state index contributed by atoms with van der Waals surface area (Å²) in [6.45, 7) is 0. The second-order valence-electron chi connectivity index (χ2n) is 5.30. The molecule has 102 valence electrons. The van der Waals surface area contributed by atoms with Gasteiger partial charge in [0.25, 0.3) is 0 Å². The van der Waals surface area contributed by atoms with Gasteiger partial charge in [-0.15, -0.1) is 0 Å². The fraction of sp³-hybridized carbons (Fsp3) is 0.375. The van der Waals surface area contributed by atoms with Crippen LogP contribution in [0.4, 0.5) is 5.69 Å². The van der Waals surface area contributed by atoms with Crippen LogP contribution >= 0.6 is 22.6 Å². The highest BCUT2D eigenvalue weighted by Gasteiger charge is 2.19. The average molecular weight is 377 g/mol. The van der Waals surface area contributed by atoms with E-state index in [1.807, 2.05) is 30.5 Å². The third-order valence-electron chi connectivity index (χ3n) is 3.89. The Hall–Kier alpha value is -1.35. The van der Waals surface area contributed by atoms with Gasteiger partial charge in [-0.1, -0.05) is 22.6 Å². The molecule has 1 aromatic heterocycles. The summed E-state index contributed by atoms with van der Waals surface area (Å²) in [5, 5.41) is 13.7. The van der Waals surface area contributed by atoms with E-state index in [0.717, 1.165) is 20.5 Å². The van der Waals surface area contributed by atoms with Gasteiger partial charge in [-0.2, -0.15) is 5.26 Å². The molecule has 3 rings (SSSR count). The maximum Gasteiger partial charge on any atom is 0.0991 e. The molecule has 2 aromatic rings. The quantitative estimate of drug-likeness (QED) is 0.628. The van der Waals surface area contributed by atoms with Crippen molar-refractivity contribution in [3.05, 3.63) is 36.0 Å². The Morgan fingerprint density at radius 1 is 1.20 bits per heavy atom. The van der Waals surface area contributed by atoms with E-state index in [2.05, 4.69) is 39.0 Å². The molecule has 1 fully saturated rings. The van der Waals surface area contributed by atoms with Gasteiger partial charge in [-0.05, 0) is 49.9 Å². The van der Waals surface area contributed by atoms with Crippen LogP contribution in [0.25, 0.3) is 10.9 Å². The number of hydrogen-bond acceptors (Lipinski definition) is 3. The second kappa shape index (κ2) is 5.96. The van der Waals surface area contributed by atoms with Crippen LogP contribution in [0, 0.1) is 11.3 Å². The standard InChI is InChI=1S/C16H16IN3/c17-12-2-4-13(5-3-12)20-16-7-8-19-15-6-1-11(10-18)9-14(15)16/h1,6-9,12-13H,2-5H2,(H,19,20)/t12-,13-. The summed E-state index contributed by atoms with van der Waals surface area (Å²) < 4.78 is 0.824. The third kappa shape index (κ3) is 2.88. The highest BCUT2D eigenvalue weighted by Crippen LogP contribution is 2.29. The smallest absolute Gasteiger partial charge is 0.0991 e. The number of anilines is 1. The summed E-state index contributed by atoms with van der Waals surface area (Å²) >= 11 is 2.55. The minimum absolute atomic E-state index is 0.539. The van der Waals surface area contributed by atoms with Crippen LogP contribution in [-0.4, -0.2) is 15.0 Å². The number of rotatable bonds is 2. The van der Waals surface area contributed by atoms with E-state index in [-0.39, 0.29) is 0 Å². The van der Waals surface area contributed by atoms with Crippen LogP contribution in [-0.2, 0) is 0 Å². The molecule has 0 radical (unpaired) electrons. The molecule has 0 spiro atoms. The molecule has 0 unspecified atom stereocenters. The average Bonchev–Trinajstić information content (AvgIpc) is 2.49. The first kappa shape index (κ1) is 13.6. The number of alkyl halides is 1. The lowest BCUT2D eigenvalue weighted by molar-refractivity contribution is 0.483. The molecule has 20 heavy (non-hydrogen) atoms. The normalized spacial score (nSPS) is 22.4. The van der Waals surface area contributed by atoms with Crippen molar-refractivity contribution in [3.63, 3.8) is 0 Å². The van der Waals surface area contributed by atoms with Gasteiger partial charge in [-0.25, -0.2) is 0 Å². The first-order valence-corrected chi connectivity index (χ1v) is 8.20. The Morgan fingerprint density at radius 2 is 2.00 bits per heavy atom. The molecule has 0 aliphatic heterocycles. The van der Waals surface area contributed by atoms with Crippen molar-refractivity contribution in [2.45, 2.75) is 35.6 Å². The maximum atomic E-state index is 9.05. The molecule has 1 aromatic carbocycles. The number of nitrogens with zero attached hydrogens (tertiary/aromatic N) is 2. The van der Waals surface area contributed by atoms with E-state index in [1.54, 1.807) is 0 Å². The predicted molar refractivity (Wildman–Crippen MR) is 90.1 cm³/mol. The van der Waals surface area contributed by atoms with Gasteiger partial charge in [0.1, 0.15) is 0 Å². The molecule has 1 heterocycles. The molecule has 1 N–H and O–H groups in total. The van der Waals surface area contributed by atoms with Crippen LogP contribution in [0.3, 0.4) is 0 Å². The summed E-state index contributed by atoms with van der Waals surface area (Å²) in [4.78, 5) is 4.37. The molecular formula is C16H16IN3. The fourth-order valence-corrected chi connectivity index (χ4v) is 3.48. The SMILES string of the molecule is N#Cc1ccc2nccc(N[C@H]3CC[C@H](I)CC3)c2c1. The Morgan fingerprint density at radius 3 is 2.75 bits per heavy atom. The van der Waals surface area contributed by atoms with Crippen molar-refractivity contribution in [2.24, 2.45) is 0 Å². The minimum Gasteiger partial charge on any atom is -0.382 e. The van der Waals surface area contributed by atoms with E-state index in [1.165, 1.54) is 25.7 Å². The number of hydrogen-bond donors (Lipinski definition) is 1. The van der Waals surface area contributed by atoms with Crippen molar-refractivity contribution in [3.8, 4) is 6.07 Å². The Bertz CT molecular complexity index is 654. The molecular weight excluding hydrogens is 361 g/mol. The Balaban J connectivity index is 1.89. The lowest BCUT2D eigenvalue weighted by Crippen LogP contribution is -2.26. The summed E-state index contributed by atoms with van der Waals surface area (Å²) in [7, 11) is 0. The maximum absolute atomic E-state index is 9.05. The van der Waals surface area contributed by atoms with Gasteiger partial charge < -0.3 is 5.32 Å². The number of nitrogens with one attached hydrogen (secondary N) is 1. The fourth-order valence-electron chi connectivity index (χ4n) is 2.76. The molecule has 1 saturated carbocycles. The molecule has 1 aliphatic carbocycles. The molecule has 0 amide bonds. The highest BCUT2D eigenvalue weighted by atomic mass is 127. The molecule has 0 saturated heterocycles. The summed E-state index contributed by atoms with van der Waals surface area (Å²) in [6, 6.07) is 10.4. The van der Waals surface area contributed by atoms with Crippen molar-refractivity contribution < 1.29 is 0 Å². The van der Waals surface area contributed by atoms with Gasteiger partial charge in [0.05, 0.1) is 17.1 Å². The minimum atomic E-state index is 0.539. The van der Waals surface area contributed by atoms with E-state index >= 15 is 0 Å². The van der Waals surface area contributed by atoms with Crippen molar-refractivity contribution in [1.82, 2.24) is 4.98 Å². The number of benzene rings is 1. The highest BCUT2D eigenvalue weighted by molar-refractivity contribution is 14.1. The van der Waals surface area contributed by atoms with Crippen LogP contribution in [0.1, 0.15) is 31.2 Å². The zero-order valence-electron chi connectivity index (χ0n) is 11.1. The number of aromatic nitrogens is 1. The third-order valence-corrected chi connectivity index (χ3v) is 5.13. The van der Waals surface area contributed by atoms with Gasteiger partial charge in [-0.3, -0.25) is 4.98 Å². The lowest BCUT2D eigenvalue weighted by Gasteiger charge is -2.27. The predicted octanol–water partition coefficient (Wildman–Crippen LogP) is 4.26. The summed E-state index contributed by atoms with van der Waals surface area (Å²) in [5.74, 6) is 0. The molecule has 3 nitrogen and oxygen atoms in total. The molecule has 0 bridgehead atoms. The van der Waals surface area contributed by atoms with Crippen molar-refractivity contribution in [1.29, 1.82) is 5.26 Å². The Kier molecular flexibility index (Phi) is 4.06. The van der Waals surface area contributed by atoms with Crippen molar-refractivity contribution in [2.75, 3.05) is 5.32 Å². The lowest BCUT2D eigenvalue weighted by atomic mass is 9.95. The molecule has 1 aliphatic rings. The van der Waals surface area contributed by atoms with E-state index in [9.17, 15) is 0 Å². The van der Waals surface area contributed by atoms with Gasteiger partial charge in [0, 0.05) is 27.2 Å². The van der Waals surface area contributed by atoms with Crippen molar-refractivity contribution >= 4 is 39.2 Å². The first-order valence-electron chi connectivity index (χ1n) is 6.96. The number of nitriles is 1. The number of pyridine rings is 1. The van der Waals surface area contributed by atoms with Crippen LogP contribution < -0.4 is 5.32 Å². The van der Waals surface area contributed by atoms with Gasteiger partial charge >= 0.3 is 0 Å². The zero-order valence-corrected chi connectivity index (χ0v) is 13.3. The van der Waals surface area contributed by atoms with Gasteiger partial charge in [0.15, 0.2) is 0 Å². The van der Waals surface area contributed by atoms with E-state index in [0.29, 0.717) is 11.6 Å². The second-order valence-corrected chi connectivity index (χ2v) is 7.06. The first-order chi connectivity index (χ1) is 9.76. The van der Waals surface area contributed by atoms with Crippen LogP contribution in [0.2, 0.25) is 0 Å². The summed E-state index contributed by atoms with van der Waals surface area (Å²) in [5.41, 5.74) is 2.73. The summed E-state index contributed by atoms with van der Waals surface area (Å²) in [6.07, 6.45) is 6.83. The van der Waals surface area contributed by atoms with Crippen LogP contribution in [0.5, 0.6) is 0 Å². The topological polar surface area (TPSA) is 48.7 Å². The van der Waals surface area contributed by atoms with Gasteiger partial charge in [0.2, 0.25) is 0 Å². The number of fused-ring (bicyclic) bond motifs is 1. The largest absolute Gasteiger partial charge is 0.382 e. The van der Waals surface area contributed by atoms with E-state index in [4.69, 9.17) is 5.26 Å². The Labute approximate surface area is 132 Å². The monoisotopic (exact) mass is 377 g/mol. The van der Waals surface area contributed by atoms with E-state index < -0.39 is 0 Å². The number of halogens is 1. The molecule has 0 atom stereocenters. The molecule has 4 heteroatoms.